The van der Waals surface area contributed by atoms with Crippen molar-refractivity contribution >= 4 is 45.7 Å². The van der Waals surface area contributed by atoms with Crippen molar-refractivity contribution in [2.45, 2.75) is 37.1 Å². The third kappa shape index (κ3) is 4.06. The lowest BCUT2D eigenvalue weighted by molar-refractivity contribution is -0.0237. The van der Waals surface area contributed by atoms with Crippen molar-refractivity contribution in [1.82, 2.24) is 24.6 Å². The third-order valence-electron chi connectivity index (χ3n) is 6.86. The summed E-state index contributed by atoms with van der Waals surface area (Å²) in [6, 6.07) is 3.62. The van der Waals surface area contributed by atoms with E-state index in [1.54, 1.807) is 25.5 Å². The molecule has 3 unspecified atom stereocenters. The van der Waals surface area contributed by atoms with Gasteiger partial charge in [0.05, 0.1) is 42.3 Å². The Balaban J connectivity index is 1.39. The molecule has 33 heavy (non-hydrogen) atoms. The van der Waals surface area contributed by atoms with Crippen LogP contribution in [-0.2, 0) is 11.8 Å². The fourth-order valence-electron chi connectivity index (χ4n) is 4.71. The predicted octanol–water partition coefficient (Wildman–Crippen LogP) is 3.69. The average Bonchev–Trinajstić information content (AvgIpc) is 3.30. The van der Waals surface area contributed by atoms with Gasteiger partial charge in [-0.3, -0.25) is 9.58 Å². The lowest BCUT2D eigenvalue weighted by atomic mass is 9.84. The molecular formula is C22H25Cl2FN6O2. The molecular weight excluding hydrogens is 470 g/mol. The summed E-state index contributed by atoms with van der Waals surface area (Å²) >= 11 is 12.8. The van der Waals surface area contributed by atoms with Crippen molar-refractivity contribution in [3.8, 4) is 0 Å². The van der Waals surface area contributed by atoms with Gasteiger partial charge in [0, 0.05) is 36.1 Å². The molecule has 0 radical (unpaired) electrons. The Morgan fingerprint density at radius 3 is 2.79 bits per heavy atom. The molecule has 11 heteroatoms. The molecule has 176 valence electrons. The van der Waals surface area contributed by atoms with Gasteiger partial charge in [-0.2, -0.15) is 5.10 Å². The number of anilines is 2. The molecule has 2 fully saturated rings. The van der Waals surface area contributed by atoms with Crippen molar-refractivity contribution in [3.63, 3.8) is 0 Å². The molecule has 2 saturated heterocycles. The molecule has 0 spiro atoms. The number of halogens is 3. The first-order chi connectivity index (χ1) is 15.8. The van der Waals surface area contributed by atoms with E-state index in [1.807, 2.05) is 17.9 Å². The minimum Gasteiger partial charge on any atom is -0.389 e. The Hall–Kier alpha value is -2.04. The number of nitrogens with zero attached hydrogens (tertiary/aromatic N) is 5. The summed E-state index contributed by atoms with van der Waals surface area (Å²) in [5, 5.41) is 19.2. The normalized spacial score (nSPS) is 28.5. The number of piperidine rings is 1. The highest BCUT2D eigenvalue weighted by atomic mass is 35.5. The van der Waals surface area contributed by atoms with Gasteiger partial charge >= 0.3 is 0 Å². The van der Waals surface area contributed by atoms with Crippen LogP contribution < -0.4 is 5.32 Å². The monoisotopic (exact) mass is 494 g/mol. The summed E-state index contributed by atoms with van der Waals surface area (Å²) < 4.78 is 22.4. The molecule has 0 aliphatic carbocycles. The number of nitrogens with one attached hydrogen (secondary N) is 1. The van der Waals surface area contributed by atoms with Crippen LogP contribution >= 0.6 is 23.2 Å². The van der Waals surface area contributed by atoms with E-state index in [9.17, 15) is 5.11 Å². The van der Waals surface area contributed by atoms with E-state index in [4.69, 9.17) is 27.9 Å². The largest absolute Gasteiger partial charge is 0.389 e. The van der Waals surface area contributed by atoms with Crippen LogP contribution in [-0.4, -0.2) is 73.9 Å². The number of fused-ring (bicyclic) bond motifs is 1. The highest BCUT2D eigenvalue weighted by Gasteiger charge is 2.47. The number of benzene rings is 1. The van der Waals surface area contributed by atoms with Gasteiger partial charge < -0.3 is 15.2 Å². The van der Waals surface area contributed by atoms with Gasteiger partial charge in [0.1, 0.15) is 11.3 Å². The number of rotatable bonds is 4. The smallest absolute Gasteiger partial charge is 0.227 e. The maximum Gasteiger partial charge on any atom is 0.227 e. The van der Waals surface area contributed by atoms with Crippen molar-refractivity contribution in [3.05, 3.63) is 40.3 Å². The SMILES string of the molecule is Cn1ncc(Nc2ncc3cc(Cl)c(C4CCN([C@]5(C)COCC5O)CC4F)cc3n2)c1Cl. The molecule has 8 nitrogen and oxygen atoms in total. The molecule has 2 aliphatic rings. The number of likely N-dealkylation sites (tertiary alicyclic amines) is 1. The van der Waals surface area contributed by atoms with Crippen LogP contribution in [0.1, 0.15) is 24.8 Å². The van der Waals surface area contributed by atoms with Gasteiger partial charge in [0.25, 0.3) is 0 Å². The maximum absolute atomic E-state index is 15.4. The fourth-order valence-corrected chi connectivity index (χ4v) is 5.16. The second-order valence-electron chi connectivity index (χ2n) is 8.97. The van der Waals surface area contributed by atoms with Crippen LogP contribution in [0.2, 0.25) is 10.2 Å². The molecule has 2 aromatic heterocycles. The van der Waals surface area contributed by atoms with Crippen LogP contribution in [0.4, 0.5) is 16.0 Å². The standard InChI is InChI=1S/C22H25Cl2FN6O2/c1-22(11-33-10-19(22)32)31-4-3-13(16(25)9-31)14-6-17-12(5-15(14)23)7-26-21(28-17)29-18-8-27-30(2)20(18)24/h5-8,13,16,19,32H,3-4,9-11H2,1-2H3,(H,26,28,29)/t13?,16?,19?,22-/m1/s1. The van der Waals surface area contributed by atoms with Gasteiger partial charge in [-0.05, 0) is 37.6 Å². The zero-order valence-corrected chi connectivity index (χ0v) is 19.8. The molecule has 1 aromatic carbocycles. The zero-order chi connectivity index (χ0) is 23.3. The molecule has 0 amide bonds. The quantitative estimate of drug-likeness (QED) is 0.571. The number of hydrogen-bond donors (Lipinski definition) is 2. The van der Waals surface area contributed by atoms with Crippen molar-refractivity contribution in [2.24, 2.45) is 7.05 Å². The Kier molecular flexibility index (Phi) is 5.95. The van der Waals surface area contributed by atoms with E-state index in [1.165, 1.54) is 4.68 Å². The van der Waals surface area contributed by atoms with Gasteiger partial charge in [-0.25, -0.2) is 14.4 Å². The summed E-state index contributed by atoms with van der Waals surface area (Å²) in [6.45, 7) is 3.47. The molecule has 4 atom stereocenters. The Morgan fingerprint density at radius 1 is 1.30 bits per heavy atom. The minimum atomic E-state index is -1.13. The lowest BCUT2D eigenvalue weighted by Gasteiger charge is -2.45. The van der Waals surface area contributed by atoms with Crippen molar-refractivity contribution in [2.75, 3.05) is 31.6 Å². The van der Waals surface area contributed by atoms with E-state index in [2.05, 4.69) is 20.4 Å². The van der Waals surface area contributed by atoms with Crippen LogP contribution in [0.3, 0.4) is 0 Å². The fraction of sp³-hybridized carbons (Fsp3) is 0.500. The zero-order valence-electron chi connectivity index (χ0n) is 18.3. The maximum atomic E-state index is 15.4. The lowest BCUT2D eigenvalue weighted by Crippen LogP contribution is -2.58. The van der Waals surface area contributed by atoms with Gasteiger partial charge in [-0.1, -0.05) is 23.2 Å². The molecule has 5 rings (SSSR count). The van der Waals surface area contributed by atoms with E-state index < -0.39 is 17.8 Å². The first-order valence-corrected chi connectivity index (χ1v) is 11.6. The van der Waals surface area contributed by atoms with E-state index in [-0.39, 0.29) is 19.1 Å². The predicted molar refractivity (Wildman–Crippen MR) is 125 cm³/mol. The number of ether oxygens (including phenoxy) is 1. The molecule has 2 aliphatic heterocycles. The van der Waals surface area contributed by atoms with Gasteiger partial charge in [0.2, 0.25) is 5.95 Å². The highest BCUT2D eigenvalue weighted by Crippen LogP contribution is 2.39. The van der Waals surface area contributed by atoms with Crippen molar-refractivity contribution < 1.29 is 14.2 Å². The summed E-state index contributed by atoms with van der Waals surface area (Å²) in [4.78, 5) is 10.9. The van der Waals surface area contributed by atoms with Gasteiger partial charge in [-0.15, -0.1) is 0 Å². The number of alkyl halides is 1. The first kappa shape index (κ1) is 22.7. The minimum absolute atomic E-state index is 0.214. The molecule has 2 N–H and O–H groups in total. The topological polar surface area (TPSA) is 88.3 Å². The van der Waals surface area contributed by atoms with Crippen LogP contribution in [0.15, 0.2) is 24.5 Å². The Bertz CT molecular complexity index is 1190. The van der Waals surface area contributed by atoms with Crippen LogP contribution in [0.25, 0.3) is 10.9 Å². The second-order valence-corrected chi connectivity index (χ2v) is 9.73. The van der Waals surface area contributed by atoms with E-state index in [0.29, 0.717) is 46.9 Å². The first-order valence-electron chi connectivity index (χ1n) is 10.8. The molecule has 3 aromatic rings. The Morgan fingerprint density at radius 2 is 2.12 bits per heavy atom. The summed E-state index contributed by atoms with van der Waals surface area (Å²) in [7, 11) is 1.74. The van der Waals surface area contributed by atoms with E-state index in [0.717, 1.165) is 10.9 Å². The molecule has 0 saturated carbocycles. The van der Waals surface area contributed by atoms with Crippen LogP contribution in [0, 0.1) is 0 Å². The summed E-state index contributed by atoms with van der Waals surface area (Å²) in [5.74, 6) is 0.000734. The average molecular weight is 495 g/mol. The number of aromatic nitrogens is 4. The highest BCUT2D eigenvalue weighted by molar-refractivity contribution is 6.32. The molecule has 4 heterocycles. The summed E-state index contributed by atoms with van der Waals surface area (Å²) in [5.41, 5.74) is 1.42. The number of aryl methyl sites for hydroxylation is 1. The van der Waals surface area contributed by atoms with Crippen LogP contribution in [0.5, 0.6) is 0 Å². The molecule has 0 bridgehead atoms. The number of aliphatic hydroxyl groups excluding tert-OH is 1. The number of aliphatic hydroxyl groups is 1. The summed E-state index contributed by atoms with van der Waals surface area (Å²) in [6.07, 6.45) is 2.09. The van der Waals surface area contributed by atoms with Crippen molar-refractivity contribution in [1.29, 1.82) is 0 Å². The third-order valence-corrected chi connectivity index (χ3v) is 7.64. The Labute approximate surface area is 200 Å². The second kappa shape index (κ2) is 8.63. The van der Waals surface area contributed by atoms with Gasteiger partial charge in [0.15, 0.2) is 0 Å². The van der Waals surface area contributed by atoms with E-state index >= 15 is 4.39 Å². The number of hydrogen-bond acceptors (Lipinski definition) is 7.